The average molecular weight is 833 g/mol. The van der Waals surface area contributed by atoms with Crippen molar-refractivity contribution in [1.29, 1.82) is 0 Å². The molecule has 1 aromatic heterocycles. The molecule has 0 fully saturated rings. The number of para-hydroxylation sites is 3. The van der Waals surface area contributed by atoms with Gasteiger partial charge in [0.15, 0.2) is 0 Å². The Balaban J connectivity index is 1.03. The number of anilines is 6. The first-order chi connectivity index (χ1) is 31.8. The predicted octanol–water partition coefficient (Wildman–Crippen LogP) is 17.0. The second-order valence-corrected chi connectivity index (χ2v) is 17.9. The molecule has 0 N–H and O–H groups in total. The van der Waals surface area contributed by atoms with E-state index in [0.29, 0.717) is 0 Å². The number of nitrogens with zero attached hydrogens (tertiary/aromatic N) is 2. The van der Waals surface area contributed by atoms with Crippen molar-refractivity contribution in [2.24, 2.45) is 0 Å². The van der Waals surface area contributed by atoms with Crippen LogP contribution in [-0.4, -0.2) is 0 Å². The number of benzene rings is 10. The molecule has 0 spiro atoms. The smallest absolute Gasteiger partial charge is 0.0754 e. The molecule has 300 valence electrons. The normalized spacial score (nSPS) is 14.6. The van der Waals surface area contributed by atoms with Gasteiger partial charge in [0, 0.05) is 48.5 Å². The maximum atomic E-state index is 2.51. The Labute approximate surface area is 377 Å². The van der Waals surface area contributed by atoms with Gasteiger partial charge in [-0.15, -0.1) is 11.3 Å². The summed E-state index contributed by atoms with van der Waals surface area (Å²) >= 11 is 1.86. The van der Waals surface area contributed by atoms with Gasteiger partial charge < -0.3 is 9.80 Å². The van der Waals surface area contributed by atoms with Crippen molar-refractivity contribution in [2.45, 2.75) is 5.41 Å². The third-order valence-corrected chi connectivity index (χ3v) is 14.6. The standard InChI is InChI=1S/C61H40N2S/c1-5-18-42(19-6-1)52-38-43(41-32-34-47(35-33-41)62(45-22-9-3-10-23-45)48-36-37-50-49-26-13-16-31-57(49)64-58(50)40-48)39-54-59(52)51-27-17-30-56-60(51)61(54,44-20-7-2-8-21-44)53-28-14-15-29-55(53)63(56)46-24-11-4-12-25-46/h1-40H. The van der Waals surface area contributed by atoms with Crippen molar-refractivity contribution in [3.63, 3.8) is 0 Å². The van der Waals surface area contributed by atoms with Gasteiger partial charge in [0.25, 0.3) is 0 Å². The summed E-state index contributed by atoms with van der Waals surface area (Å²) in [4.78, 5) is 4.85. The Hall–Kier alpha value is -7.98. The van der Waals surface area contributed by atoms with E-state index in [1.165, 1.54) is 87.2 Å². The molecular weight excluding hydrogens is 793 g/mol. The van der Waals surface area contributed by atoms with E-state index in [2.05, 4.69) is 252 Å². The SMILES string of the molecule is c1ccc(-c2cc(-c3ccc(N(c4ccccc4)c4ccc5c(c4)sc4ccccc45)cc3)cc3c2-c2cccc4c2C3(c2ccccc2)c2ccccc2N4c2ccccc2)cc1. The molecular formula is C61H40N2S. The summed E-state index contributed by atoms with van der Waals surface area (Å²) in [6.45, 7) is 0. The molecule has 10 aromatic carbocycles. The third kappa shape index (κ3) is 5.44. The zero-order valence-electron chi connectivity index (χ0n) is 34.9. The van der Waals surface area contributed by atoms with Crippen LogP contribution in [-0.2, 0) is 5.41 Å². The van der Waals surface area contributed by atoms with Crippen molar-refractivity contribution in [2.75, 3.05) is 9.80 Å². The van der Waals surface area contributed by atoms with Crippen LogP contribution in [0, 0.1) is 0 Å². The number of thiophene rings is 1. The molecule has 0 amide bonds. The van der Waals surface area contributed by atoms with Crippen LogP contribution in [0.15, 0.2) is 243 Å². The van der Waals surface area contributed by atoms with Gasteiger partial charge >= 0.3 is 0 Å². The first-order valence-electron chi connectivity index (χ1n) is 22.0. The fraction of sp³-hybridized carbons (Fsp3) is 0.0164. The van der Waals surface area contributed by atoms with Crippen LogP contribution in [0.4, 0.5) is 34.1 Å². The lowest BCUT2D eigenvalue weighted by atomic mass is 9.64. The van der Waals surface area contributed by atoms with Gasteiger partial charge in [-0.1, -0.05) is 164 Å². The minimum Gasteiger partial charge on any atom is -0.310 e. The van der Waals surface area contributed by atoms with Gasteiger partial charge in [-0.25, -0.2) is 0 Å². The fourth-order valence-electron chi connectivity index (χ4n) is 10.8. The van der Waals surface area contributed by atoms with Gasteiger partial charge in [0.2, 0.25) is 0 Å². The number of hydrogen-bond donors (Lipinski definition) is 0. The fourth-order valence-corrected chi connectivity index (χ4v) is 11.9. The number of fused-ring (bicyclic) bond motifs is 8. The van der Waals surface area contributed by atoms with E-state index >= 15 is 0 Å². The van der Waals surface area contributed by atoms with E-state index in [1.807, 2.05) is 11.3 Å². The topological polar surface area (TPSA) is 6.48 Å². The lowest BCUT2D eigenvalue weighted by molar-refractivity contribution is 0.754. The lowest BCUT2D eigenvalue weighted by Gasteiger charge is -2.44. The summed E-state index contributed by atoms with van der Waals surface area (Å²) in [6, 6.07) is 89.6. The van der Waals surface area contributed by atoms with Crippen molar-refractivity contribution >= 4 is 65.6 Å². The zero-order valence-corrected chi connectivity index (χ0v) is 35.7. The summed E-state index contributed by atoms with van der Waals surface area (Å²) in [5, 5.41) is 2.61. The molecule has 0 saturated heterocycles. The summed E-state index contributed by atoms with van der Waals surface area (Å²) < 4.78 is 2.60. The summed E-state index contributed by atoms with van der Waals surface area (Å²) in [7, 11) is 0. The molecule has 2 aliphatic rings. The maximum absolute atomic E-state index is 2.51. The number of rotatable bonds is 7. The van der Waals surface area contributed by atoms with Crippen LogP contribution >= 0.6 is 11.3 Å². The van der Waals surface area contributed by atoms with Crippen LogP contribution in [0.3, 0.4) is 0 Å². The Bertz CT molecular complexity index is 3540. The Morgan fingerprint density at radius 2 is 1.00 bits per heavy atom. The molecule has 64 heavy (non-hydrogen) atoms. The highest BCUT2D eigenvalue weighted by molar-refractivity contribution is 7.25. The molecule has 0 bridgehead atoms. The Morgan fingerprint density at radius 3 is 1.80 bits per heavy atom. The largest absolute Gasteiger partial charge is 0.310 e. The maximum Gasteiger partial charge on any atom is 0.0754 e. The predicted molar refractivity (Wildman–Crippen MR) is 270 cm³/mol. The average Bonchev–Trinajstić information content (AvgIpc) is 3.90. The Kier molecular flexibility index (Phi) is 8.34. The van der Waals surface area contributed by atoms with E-state index in [-0.39, 0.29) is 0 Å². The van der Waals surface area contributed by atoms with Gasteiger partial charge in [0.05, 0.1) is 16.8 Å². The van der Waals surface area contributed by atoms with Gasteiger partial charge in [-0.05, 0) is 129 Å². The zero-order chi connectivity index (χ0) is 42.2. The first-order valence-corrected chi connectivity index (χ1v) is 22.8. The van der Waals surface area contributed by atoms with Crippen molar-refractivity contribution in [1.82, 2.24) is 0 Å². The highest BCUT2D eigenvalue weighted by Gasteiger charge is 2.53. The van der Waals surface area contributed by atoms with E-state index in [9.17, 15) is 0 Å². The molecule has 2 heterocycles. The molecule has 11 aromatic rings. The second kappa shape index (κ2) is 14.6. The van der Waals surface area contributed by atoms with Crippen LogP contribution in [0.1, 0.15) is 22.3 Å². The van der Waals surface area contributed by atoms with Gasteiger partial charge in [-0.2, -0.15) is 0 Å². The van der Waals surface area contributed by atoms with Crippen molar-refractivity contribution in [3.05, 3.63) is 265 Å². The molecule has 1 aliphatic heterocycles. The molecule has 1 atom stereocenters. The third-order valence-electron chi connectivity index (χ3n) is 13.4. The van der Waals surface area contributed by atoms with Crippen LogP contribution < -0.4 is 9.80 Å². The van der Waals surface area contributed by atoms with Crippen LogP contribution in [0.5, 0.6) is 0 Å². The van der Waals surface area contributed by atoms with E-state index < -0.39 is 5.41 Å². The lowest BCUT2D eigenvalue weighted by Crippen LogP contribution is -2.35. The van der Waals surface area contributed by atoms with Crippen molar-refractivity contribution < 1.29 is 0 Å². The summed E-state index contributed by atoms with van der Waals surface area (Å²) in [6.07, 6.45) is 0. The Morgan fingerprint density at radius 1 is 0.375 bits per heavy atom. The van der Waals surface area contributed by atoms with Crippen LogP contribution in [0.25, 0.3) is 53.6 Å². The minimum atomic E-state index is -0.570. The highest BCUT2D eigenvalue weighted by Crippen LogP contribution is 2.66. The summed E-state index contributed by atoms with van der Waals surface area (Å²) in [5.41, 5.74) is 18.9. The molecule has 1 unspecified atom stereocenters. The molecule has 0 saturated carbocycles. The monoisotopic (exact) mass is 832 g/mol. The minimum absolute atomic E-state index is 0.570. The van der Waals surface area contributed by atoms with Gasteiger partial charge in [-0.3, -0.25) is 0 Å². The van der Waals surface area contributed by atoms with Crippen molar-refractivity contribution in [3.8, 4) is 33.4 Å². The summed E-state index contributed by atoms with van der Waals surface area (Å²) in [5.74, 6) is 0. The number of hydrogen-bond acceptors (Lipinski definition) is 3. The molecule has 13 rings (SSSR count). The van der Waals surface area contributed by atoms with Gasteiger partial charge in [0.1, 0.15) is 0 Å². The first kappa shape index (κ1) is 36.7. The molecule has 2 nitrogen and oxygen atoms in total. The van der Waals surface area contributed by atoms with E-state index in [1.54, 1.807) is 0 Å². The molecule has 0 radical (unpaired) electrons. The second-order valence-electron chi connectivity index (χ2n) is 16.8. The van der Waals surface area contributed by atoms with E-state index in [0.717, 1.165) is 22.7 Å². The highest BCUT2D eigenvalue weighted by atomic mass is 32.1. The quantitative estimate of drug-likeness (QED) is 0.158. The van der Waals surface area contributed by atoms with Crippen LogP contribution in [0.2, 0.25) is 0 Å². The van der Waals surface area contributed by atoms with E-state index in [4.69, 9.17) is 0 Å². The molecule has 3 heteroatoms. The molecule has 1 aliphatic carbocycles.